The van der Waals surface area contributed by atoms with Gasteiger partial charge in [-0.05, 0) is 25.1 Å². The van der Waals surface area contributed by atoms with Crippen LogP contribution in [0.4, 0.5) is 13.2 Å². The van der Waals surface area contributed by atoms with Crippen LogP contribution >= 0.6 is 11.8 Å². The van der Waals surface area contributed by atoms with E-state index >= 15 is 0 Å². The van der Waals surface area contributed by atoms with Crippen LogP contribution in [0.1, 0.15) is 18.3 Å². The Labute approximate surface area is 147 Å². The van der Waals surface area contributed by atoms with Crippen LogP contribution in [-0.4, -0.2) is 44.1 Å². The van der Waals surface area contributed by atoms with Gasteiger partial charge in [-0.1, -0.05) is 0 Å². The van der Waals surface area contributed by atoms with E-state index in [0.717, 1.165) is 17.9 Å². The maximum Gasteiger partial charge on any atom is 0.416 e. The molecular weight excluding hydrogens is 355 g/mol. The van der Waals surface area contributed by atoms with Gasteiger partial charge in [-0.15, -0.1) is 10.2 Å². The molecule has 3 rings (SSSR count). The van der Waals surface area contributed by atoms with E-state index in [1.165, 1.54) is 13.2 Å². The van der Waals surface area contributed by atoms with Crippen LogP contribution < -0.4 is 4.74 Å². The lowest BCUT2D eigenvalue weighted by Gasteiger charge is -2.23. The summed E-state index contributed by atoms with van der Waals surface area (Å²) in [6.45, 7) is 2.59. The van der Waals surface area contributed by atoms with E-state index in [-0.39, 0.29) is 17.1 Å². The first-order valence-electron chi connectivity index (χ1n) is 7.70. The molecule has 2 heterocycles. The number of halogens is 3. The molecule has 1 N–H and O–H groups in total. The maximum atomic E-state index is 12.9. The molecule has 1 atom stereocenters. The molecule has 136 valence electrons. The van der Waals surface area contributed by atoms with E-state index in [9.17, 15) is 18.3 Å². The van der Waals surface area contributed by atoms with Gasteiger partial charge in [-0.25, -0.2) is 0 Å². The molecule has 5 nitrogen and oxygen atoms in total. The van der Waals surface area contributed by atoms with Crippen LogP contribution in [0.25, 0.3) is 11.4 Å². The highest BCUT2D eigenvalue weighted by Gasteiger charge is 2.33. The van der Waals surface area contributed by atoms with Crippen molar-refractivity contribution >= 4 is 11.8 Å². The molecule has 0 radical (unpaired) electrons. The van der Waals surface area contributed by atoms with Crippen molar-refractivity contribution in [1.82, 2.24) is 14.8 Å². The van der Waals surface area contributed by atoms with Gasteiger partial charge in [0, 0.05) is 23.5 Å². The molecule has 9 heteroatoms. The second-order valence-electron chi connectivity index (χ2n) is 6.14. The van der Waals surface area contributed by atoms with Gasteiger partial charge in [0.15, 0.2) is 5.82 Å². The van der Waals surface area contributed by atoms with Crippen molar-refractivity contribution in [2.24, 2.45) is 0 Å². The molecule has 1 aromatic heterocycles. The fraction of sp³-hybridized carbons (Fsp3) is 0.500. The minimum atomic E-state index is -4.44. The average molecular weight is 373 g/mol. The van der Waals surface area contributed by atoms with Crippen LogP contribution in [0.15, 0.2) is 18.2 Å². The highest BCUT2D eigenvalue weighted by Crippen LogP contribution is 2.38. The van der Waals surface area contributed by atoms with Crippen molar-refractivity contribution < 1.29 is 23.0 Å². The summed E-state index contributed by atoms with van der Waals surface area (Å²) < 4.78 is 45.5. The zero-order valence-corrected chi connectivity index (χ0v) is 14.6. The summed E-state index contributed by atoms with van der Waals surface area (Å²) in [5.41, 5.74) is -0.307. The summed E-state index contributed by atoms with van der Waals surface area (Å²) in [6, 6.07) is 3.35. The number of rotatable bonds is 3. The quantitative estimate of drug-likeness (QED) is 0.896. The van der Waals surface area contributed by atoms with Gasteiger partial charge in [0.25, 0.3) is 0 Å². The van der Waals surface area contributed by atoms with E-state index in [0.29, 0.717) is 30.2 Å². The van der Waals surface area contributed by atoms with E-state index in [1.54, 1.807) is 11.8 Å². The Hall–Kier alpha value is -1.74. The van der Waals surface area contributed by atoms with Gasteiger partial charge < -0.3 is 14.4 Å². The van der Waals surface area contributed by atoms with E-state index in [4.69, 9.17) is 4.74 Å². The Morgan fingerprint density at radius 3 is 2.76 bits per heavy atom. The molecule has 2 aromatic rings. The normalized spacial score (nSPS) is 20.9. The zero-order chi connectivity index (χ0) is 18.2. The fourth-order valence-corrected chi connectivity index (χ4v) is 3.91. The van der Waals surface area contributed by atoms with Crippen molar-refractivity contribution in [3.63, 3.8) is 0 Å². The number of aliphatic hydroxyl groups is 1. The predicted octanol–water partition coefficient (Wildman–Crippen LogP) is 3.01. The third kappa shape index (κ3) is 3.48. The van der Waals surface area contributed by atoms with E-state index < -0.39 is 11.7 Å². The lowest BCUT2D eigenvalue weighted by atomic mass is 10.1. The van der Waals surface area contributed by atoms with Crippen molar-refractivity contribution in [3.05, 3.63) is 29.6 Å². The Kier molecular flexibility index (Phi) is 4.72. The lowest BCUT2D eigenvalue weighted by Crippen LogP contribution is -2.28. The second-order valence-corrected chi connectivity index (χ2v) is 7.82. The molecular formula is C16H18F3N3O2S. The minimum Gasteiger partial charge on any atom is -0.496 e. The first kappa shape index (κ1) is 18.1. The lowest BCUT2D eigenvalue weighted by molar-refractivity contribution is -0.137. The molecule has 0 aliphatic carbocycles. The molecule has 25 heavy (non-hydrogen) atoms. The first-order valence-corrected chi connectivity index (χ1v) is 8.68. The van der Waals surface area contributed by atoms with Crippen molar-refractivity contribution in [2.45, 2.75) is 30.8 Å². The third-order valence-electron chi connectivity index (χ3n) is 4.23. The Bertz CT molecular complexity index is 778. The molecule has 0 saturated heterocycles. The number of aliphatic hydroxyl groups excluding tert-OH is 1. The molecule has 1 aliphatic rings. The van der Waals surface area contributed by atoms with Crippen LogP contribution in [-0.2, 0) is 19.1 Å². The standard InChI is InChI=1S/C16H18F3N3O2S/c1-15(9-23)8-13-20-21-14(22(13)5-6-25-15)11-4-3-10(16(17,18)19)7-12(11)24-2/h3-4,7,23H,5-6,8-9H2,1-2H3. The topological polar surface area (TPSA) is 60.2 Å². The van der Waals surface area contributed by atoms with Crippen molar-refractivity contribution in [2.75, 3.05) is 19.5 Å². The van der Waals surface area contributed by atoms with E-state index in [2.05, 4.69) is 10.2 Å². The number of fused-ring (bicyclic) bond motifs is 1. The van der Waals surface area contributed by atoms with Crippen LogP contribution in [0.5, 0.6) is 5.75 Å². The Morgan fingerprint density at radius 1 is 1.36 bits per heavy atom. The zero-order valence-electron chi connectivity index (χ0n) is 13.8. The highest BCUT2D eigenvalue weighted by atomic mass is 32.2. The van der Waals surface area contributed by atoms with Crippen LogP contribution in [0.3, 0.4) is 0 Å². The molecule has 0 bridgehead atoms. The molecule has 1 aromatic carbocycles. The number of aromatic nitrogens is 3. The van der Waals surface area contributed by atoms with Gasteiger partial charge in [0.2, 0.25) is 0 Å². The summed E-state index contributed by atoms with van der Waals surface area (Å²) in [4.78, 5) is 0. The summed E-state index contributed by atoms with van der Waals surface area (Å²) in [7, 11) is 1.33. The van der Waals surface area contributed by atoms with Gasteiger partial charge in [-0.3, -0.25) is 0 Å². The average Bonchev–Trinajstić information content (AvgIpc) is 2.87. The first-order chi connectivity index (χ1) is 11.8. The fourth-order valence-electron chi connectivity index (χ4n) is 2.82. The minimum absolute atomic E-state index is 0.0173. The molecule has 1 unspecified atom stereocenters. The summed E-state index contributed by atoms with van der Waals surface area (Å²) >= 11 is 1.65. The third-order valence-corrected chi connectivity index (χ3v) is 5.59. The Balaban J connectivity index is 2.04. The number of methoxy groups -OCH3 is 1. The largest absolute Gasteiger partial charge is 0.496 e. The number of alkyl halides is 3. The molecule has 1 aliphatic heterocycles. The Morgan fingerprint density at radius 2 is 2.12 bits per heavy atom. The maximum absolute atomic E-state index is 12.9. The summed E-state index contributed by atoms with van der Waals surface area (Å²) in [5, 5.41) is 18.0. The summed E-state index contributed by atoms with van der Waals surface area (Å²) in [6.07, 6.45) is -3.91. The van der Waals surface area contributed by atoms with Crippen LogP contribution in [0, 0.1) is 0 Å². The van der Waals surface area contributed by atoms with Crippen molar-refractivity contribution in [3.8, 4) is 17.1 Å². The SMILES string of the molecule is COc1cc(C(F)(F)F)ccc1-c1nnc2n1CCSC(C)(CO)C2. The van der Waals surface area contributed by atoms with Gasteiger partial charge in [0.05, 0.1) is 24.8 Å². The number of nitrogens with zero attached hydrogens (tertiary/aromatic N) is 3. The van der Waals surface area contributed by atoms with Gasteiger partial charge >= 0.3 is 6.18 Å². The number of benzene rings is 1. The van der Waals surface area contributed by atoms with Crippen LogP contribution in [0.2, 0.25) is 0 Å². The molecule has 0 amide bonds. The number of hydrogen-bond donors (Lipinski definition) is 1. The molecule has 0 fully saturated rings. The molecule has 0 saturated carbocycles. The molecule has 0 spiro atoms. The monoisotopic (exact) mass is 373 g/mol. The second kappa shape index (κ2) is 6.53. The predicted molar refractivity (Wildman–Crippen MR) is 88.7 cm³/mol. The van der Waals surface area contributed by atoms with Crippen molar-refractivity contribution in [1.29, 1.82) is 0 Å². The van der Waals surface area contributed by atoms with E-state index in [1.807, 2.05) is 11.5 Å². The summed E-state index contributed by atoms with van der Waals surface area (Å²) in [5.74, 6) is 2.03. The number of thioether (sulfide) groups is 1. The number of ether oxygens (including phenoxy) is 1. The van der Waals surface area contributed by atoms with Gasteiger partial charge in [-0.2, -0.15) is 24.9 Å². The number of hydrogen-bond acceptors (Lipinski definition) is 5. The van der Waals surface area contributed by atoms with Gasteiger partial charge in [0.1, 0.15) is 11.6 Å². The highest BCUT2D eigenvalue weighted by molar-refractivity contribution is 8.00. The smallest absolute Gasteiger partial charge is 0.416 e.